The van der Waals surface area contributed by atoms with Crippen LogP contribution in [0.5, 0.6) is 0 Å². The molecule has 2 heteroatoms. The van der Waals surface area contributed by atoms with Gasteiger partial charge in [0.2, 0.25) is 0 Å². The fourth-order valence-corrected chi connectivity index (χ4v) is 9.00. The van der Waals surface area contributed by atoms with E-state index in [-0.39, 0.29) is 0 Å². The second-order valence-corrected chi connectivity index (χ2v) is 15.3. The van der Waals surface area contributed by atoms with E-state index in [1.807, 2.05) is 0 Å². The zero-order valence-electron chi connectivity index (χ0n) is 33.0. The topological polar surface area (TPSA) is 6.48 Å². The first kappa shape index (κ1) is 35.2. The molecular formula is C58H40N2. The van der Waals surface area contributed by atoms with Gasteiger partial charge < -0.3 is 9.80 Å². The number of hydrogen-bond acceptors (Lipinski definition) is 2. The molecule has 11 rings (SSSR count). The van der Waals surface area contributed by atoms with Crippen LogP contribution in [0, 0.1) is 0 Å². The van der Waals surface area contributed by atoms with Gasteiger partial charge in [-0.05, 0) is 121 Å². The van der Waals surface area contributed by atoms with Gasteiger partial charge in [-0.3, -0.25) is 0 Å². The van der Waals surface area contributed by atoms with E-state index in [1.165, 1.54) is 65.7 Å². The van der Waals surface area contributed by atoms with Crippen molar-refractivity contribution in [1.82, 2.24) is 0 Å². The third-order valence-corrected chi connectivity index (χ3v) is 11.8. The van der Waals surface area contributed by atoms with Crippen molar-refractivity contribution >= 4 is 66.4 Å². The lowest BCUT2D eigenvalue weighted by Crippen LogP contribution is -2.11. The van der Waals surface area contributed by atoms with E-state index in [0.29, 0.717) is 0 Å². The first-order valence-corrected chi connectivity index (χ1v) is 20.6. The first-order chi connectivity index (χ1) is 29.8. The maximum Gasteiger partial charge on any atom is 0.0540 e. The molecule has 0 atom stereocenters. The molecule has 0 aromatic heterocycles. The number of nitrogens with zero attached hydrogens (tertiary/aromatic N) is 2. The number of rotatable bonds is 9. The summed E-state index contributed by atoms with van der Waals surface area (Å²) in [7, 11) is 0. The summed E-state index contributed by atoms with van der Waals surface area (Å²) in [5.74, 6) is 0. The first-order valence-electron chi connectivity index (χ1n) is 20.6. The Morgan fingerprint density at radius 3 is 1.22 bits per heavy atom. The third-order valence-electron chi connectivity index (χ3n) is 11.8. The van der Waals surface area contributed by atoms with Crippen molar-refractivity contribution < 1.29 is 0 Å². The number of benzene rings is 11. The Morgan fingerprint density at radius 1 is 0.233 bits per heavy atom. The maximum atomic E-state index is 2.39. The van der Waals surface area contributed by atoms with Gasteiger partial charge in [0.25, 0.3) is 0 Å². The minimum Gasteiger partial charge on any atom is -0.310 e. The Bertz CT molecular complexity index is 3180. The van der Waals surface area contributed by atoms with Crippen LogP contribution >= 0.6 is 0 Å². The molecule has 0 amide bonds. The average Bonchev–Trinajstić information content (AvgIpc) is 3.33. The van der Waals surface area contributed by atoms with Crippen LogP contribution in [0.2, 0.25) is 0 Å². The lowest BCUT2D eigenvalue weighted by atomic mass is 9.89. The van der Waals surface area contributed by atoms with Crippen LogP contribution < -0.4 is 9.80 Å². The molecular weight excluding hydrogens is 725 g/mol. The molecule has 11 aromatic rings. The predicted octanol–water partition coefficient (Wildman–Crippen LogP) is 16.5. The lowest BCUT2D eigenvalue weighted by molar-refractivity contribution is 1.28. The van der Waals surface area contributed by atoms with Crippen molar-refractivity contribution in [2.24, 2.45) is 0 Å². The normalized spacial score (nSPS) is 11.3. The zero-order chi connectivity index (χ0) is 39.8. The van der Waals surface area contributed by atoms with Crippen molar-refractivity contribution in [1.29, 1.82) is 0 Å². The van der Waals surface area contributed by atoms with Gasteiger partial charge >= 0.3 is 0 Å². The zero-order valence-corrected chi connectivity index (χ0v) is 33.0. The summed E-state index contributed by atoms with van der Waals surface area (Å²) in [6.07, 6.45) is 0. The van der Waals surface area contributed by atoms with Gasteiger partial charge in [0.05, 0.1) is 11.4 Å². The minimum atomic E-state index is 1.10. The van der Waals surface area contributed by atoms with Crippen molar-refractivity contribution in [2.45, 2.75) is 0 Å². The number of hydrogen-bond donors (Lipinski definition) is 0. The molecule has 60 heavy (non-hydrogen) atoms. The van der Waals surface area contributed by atoms with Gasteiger partial charge in [-0.2, -0.15) is 0 Å². The molecule has 0 aliphatic carbocycles. The van der Waals surface area contributed by atoms with Crippen molar-refractivity contribution in [3.63, 3.8) is 0 Å². The Hall–Kier alpha value is -7.94. The SMILES string of the molecule is c1ccc(-c2ccc(N(c3ccccc3)c3ccc(-c4ccc5ccc6c(N(c7ccccc7)c7ccccc7)ccc7ccc4c5c76)cc3)c(-c3ccccc3)c2)cc1. The average molecular weight is 765 g/mol. The van der Waals surface area contributed by atoms with Gasteiger partial charge in [0, 0.05) is 33.7 Å². The largest absolute Gasteiger partial charge is 0.310 e. The molecule has 0 N–H and O–H groups in total. The second kappa shape index (κ2) is 15.1. The summed E-state index contributed by atoms with van der Waals surface area (Å²) in [6.45, 7) is 0. The van der Waals surface area contributed by atoms with Crippen LogP contribution in [0.25, 0.3) is 65.7 Å². The minimum absolute atomic E-state index is 1.10. The van der Waals surface area contributed by atoms with Crippen LogP contribution in [-0.2, 0) is 0 Å². The highest BCUT2D eigenvalue weighted by Gasteiger charge is 2.21. The molecule has 0 aliphatic rings. The molecule has 0 unspecified atom stereocenters. The molecule has 0 radical (unpaired) electrons. The number of anilines is 6. The molecule has 0 saturated carbocycles. The molecule has 0 saturated heterocycles. The summed E-state index contributed by atoms with van der Waals surface area (Å²) in [5, 5.41) is 7.56. The Balaban J connectivity index is 1.04. The Labute approximate surface area is 350 Å². The predicted molar refractivity (Wildman–Crippen MR) is 256 cm³/mol. The molecule has 2 nitrogen and oxygen atoms in total. The number of para-hydroxylation sites is 3. The van der Waals surface area contributed by atoms with E-state index in [0.717, 1.165) is 34.1 Å². The highest BCUT2D eigenvalue weighted by Crippen LogP contribution is 2.47. The van der Waals surface area contributed by atoms with Crippen molar-refractivity contribution in [3.05, 3.63) is 243 Å². The van der Waals surface area contributed by atoms with Crippen LogP contribution in [0.1, 0.15) is 0 Å². The Kier molecular flexibility index (Phi) is 8.87. The van der Waals surface area contributed by atoms with E-state index in [1.54, 1.807) is 0 Å². The highest BCUT2D eigenvalue weighted by molar-refractivity contribution is 6.28. The Morgan fingerprint density at radius 2 is 0.633 bits per heavy atom. The van der Waals surface area contributed by atoms with Gasteiger partial charge in [-0.25, -0.2) is 0 Å². The molecule has 0 spiro atoms. The van der Waals surface area contributed by atoms with Crippen LogP contribution in [-0.4, -0.2) is 0 Å². The van der Waals surface area contributed by atoms with E-state index in [9.17, 15) is 0 Å². The van der Waals surface area contributed by atoms with Gasteiger partial charge in [-0.1, -0.05) is 176 Å². The van der Waals surface area contributed by atoms with Crippen LogP contribution in [0.15, 0.2) is 243 Å². The van der Waals surface area contributed by atoms with Crippen molar-refractivity contribution in [3.8, 4) is 33.4 Å². The van der Waals surface area contributed by atoms with Gasteiger partial charge in [-0.15, -0.1) is 0 Å². The van der Waals surface area contributed by atoms with E-state index >= 15 is 0 Å². The molecule has 282 valence electrons. The van der Waals surface area contributed by atoms with Gasteiger partial charge in [0.15, 0.2) is 0 Å². The lowest BCUT2D eigenvalue weighted by Gasteiger charge is -2.28. The van der Waals surface area contributed by atoms with Crippen LogP contribution in [0.3, 0.4) is 0 Å². The monoisotopic (exact) mass is 764 g/mol. The van der Waals surface area contributed by atoms with Crippen LogP contribution in [0.4, 0.5) is 34.1 Å². The standard InChI is InChI=1S/C58H40N2/c1-6-16-41(17-7-1)46-32-39-56(54(40-46)42-18-8-2-9-19-42)60(49-24-14-5-15-25-49)50-33-26-43(27-34-50)51-35-28-44-30-37-53-55(38-31-45-29-36-52(51)57(44)58(45)53)59(47-20-10-3-11-21-47)48-22-12-4-13-23-48/h1-40H. The summed E-state index contributed by atoms with van der Waals surface area (Å²) >= 11 is 0. The molecule has 0 heterocycles. The summed E-state index contributed by atoms with van der Waals surface area (Å²) in [6, 6.07) is 87.8. The molecule has 0 fully saturated rings. The maximum absolute atomic E-state index is 2.39. The van der Waals surface area contributed by atoms with E-state index in [2.05, 4.69) is 252 Å². The van der Waals surface area contributed by atoms with Gasteiger partial charge in [0.1, 0.15) is 0 Å². The second-order valence-electron chi connectivity index (χ2n) is 15.3. The fourth-order valence-electron chi connectivity index (χ4n) is 9.00. The van der Waals surface area contributed by atoms with E-state index in [4.69, 9.17) is 0 Å². The molecule has 0 bridgehead atoms. The van der Waals surface area contributed by atoms with Crippen molar-refractivity contribution in [2.75, 3.05) is 9.80 Å². The van der Waals surface area contributed by atoms with E-state index < -0.39 is 0 Å². The molecule has 11 aromatic carbocycles. The third kappa shape index (κ3) is 6.23. The fraction of sp³-hybridized carbons (Fsp3) is 0. The summed E-state index contributed by atoms with van der Waals surface area (Å²) < 4.78 is 0. The highest BCUT2D eigenvalue weighted by atomic mass is 15.1. The summed E-state index contributed by atoms with van der Waals surface area (Å²) in [4.78, 5) is 4.76. The summed E-state index contributed by atoms with van der Waals surface area (Å²) in [5.41, 5.74) is 13.9. The smallest absolute Gasteiger partial charge is 0.0540 e. The quantitative estimate of drug-likeness (QED) is 0.135. The molecule has 0 aliphatic heterocycles.